The molecule has 0 N–H and O–H groups in total. The van der Waals surface area contributed by atoms with E-state index >= 15 is 0 Å². The standard InChI is InChI=1S/C21H23NO3S/c1-3-11-25-21(24)22-14-19(26-15(2)23)13-18(22)12-17-9-6-8-16-7-4-5-10-20(16)17/h3-10,18-19H,1,11-14H2,2H3/t18-,19+/m1/s1. The van der Waals surface area contributed by atoms with E-state index in [0.717, 1.165) is 12.8 Å². The van der Waals surface area contributed by atoms with Crippen molar-refractivity contribution >= 4 is 33.7 Å². The highest BCUT2D eigenvalue weighted by atomic mass is 32.2. The highest BCUT2D eigenvalue weighted by Crippen LogP contribution is 2.32. The van der Waals surface area contributed by atoms with Gasteiger partial charge in [0.2, 0.25) is 0 Å². The number of nitrogens with zero attached hydrogens (tertiary/aromatic N) is 1. The average molecular weight is 369 g/mol. The van der Waals surface area contributed by atoms with Crippen LogP contribution in [0.3, 0.4) is 0 Å². The number of likely N-dealkylation sites (tertiary alicyclic amines) is 1. The van der Waals surface area contributed by atoms with Crippen LogP contribution < -0.4 is 0 Å². The lowest BCUT2D eigenvalue weighted by atomic mass is 9.98. The highest BCUT2D eigenvalue weighted by molar-refractivity contribution is 8.14. The predicted octanol–water partition coefficient (Wildman–Crippen LogP) is 4.43. The summed E-state index contributed by atoms with van der Waals surface area (Å²) in [5.41, 5.74) is 1.21. The van der Waals surface area contributed by atoms with E-state index in [1.165, 1.54) is 28.1 Å². The Balaban J connectivity index is 1.82. The molecule has 2 aromatic rings. The first-order valence-corrected chi connectivity index (χ1v) is 9.64. The molecule has 0 aromatic heterocycles. The van der Waals surface area contributed by atoms with Gasteiger partial charge in [-0.25, -0.2) is 4.79 Å². The minimum atomic E-state index is -0.332. The zero-order chi connectivity index (χ0) is 18.5. The molecule has 1 amide bonds. The van der Waals surface area contributed by atoms with Gasteiger partial charge in [0.05, 0.1) is 0 Å². The third kappa shape index (κ3) is 4.28. The molecule has 4 nitrogen and oxygen atoms in total. The van der Waals surface area contributed by atoms with Crippen LogP contribution in [0.5, 0.6) is 0 Å². The second-order valence-corrected chi connectivity index (χ2v) is 7.96. The zero-order valence-electron chi connectivity index (χ0n) is 14.9. The highest BCUT2D eigenvalue weighted by Gasteiger charge is 2.37. The van der Waals surface area contributed by atoms with Crippen molar-refractivity contribution in [2.75, 3.05) is 13.2 Å². The van der Waals surface area contributed by atoms with Crippen LogP contribution in [-0.2, 0) is 16.0 Å². The molecule has 0 saturated carbocycles. The fourth-order valence-corrected chi connectivity index (χ4v) is 4.57. The van der Waals surface area contributed by atoms with Gasteiger partial charge >= 0.3 is 6.09 Å². The molecule has 0 bridgehead atoms. The van der Waals surface area contributed by atoms with Crippen molar-refractivity contribution in [3.63, 3.8) is 0 Å². The molecule has 1 saturated heterocycles. The quantitative estimate of drug-likeness (QED) is 0.732. The van der Waals surface area contributed by atoms with Crippen molar-refractivity contribution in [1.82, 2.24) is 4.90 Å². The van der Waals surface area contributed by atoms with Crippen molar-refractivity contribution < 1.29 is 14.3 Å². The number of ether oxygens (including phenoxy) is 1. The number of benzene rings is 2. The number of amides is 1. The fourth-order valence-electron chi connectivity index (χ4n) is 3.55. The fraction of sp³-hybridized carbons (Fsp3) is 0.333. The lowest BCUT2D eigenvalue weighted by Crippen LogP contribution is -2.37. The first-order valence-electron chi connectivity index (χ1n) is 8.76. The van der Waals surface area contributed by atoms with Gasteiger partial charge in [0.25, 0.3) is 0 Å². The third-order valence-electron chi connectivity index (χ3n) is 4.60. The van der Waals surface area contributed by atoms with E-state index in [1.54, 1.807) is 17.9 Å². The Hall–Kier alpha value is -2.27. The summed E-state index contributed by atoms with van der Waals surface area (Å²) >= 11 is 1.32. The van der Waals surface area contributed by atoms with Crippen molar-refractivity contribution in [1.29, 1.82) is 0 Å². The molecule has 26 heavy (non-hydrogen) atoms. The lowest BCUT2D eigenvalue weighted by Gasteiger charge is -2.24. The molecule has 2 atom stereocenters. The molecule has 0 aliphatic carbocycles. The number of carbonyl (C=O) groups is 2. The van der Waals surface area contributed by atoms with Gasteiger partial charge in [-0.2, -0.15) is 0 Å². The Kier molecular flexibility index (Phi) is 5.99. The largest absolute Gasteiger partial charge is 0.445 e. The third-order valence-corrected chi connectivity index (χ3v) is 5.61. The van der Waals surface area contributed by atoms with Crippen molar-refractivity contribution in [2.24, 2.45) is 0 Å². The van der Waals surface area contributed by atoms with Crippen LogP contribution in [0.15, 0.2) is 55.1 Å². The Bertz CT molecular complexity index is 815. The molecule has 0 radical (unpaired) electrons. The SMILES string of the molecule is C=CCOC(=O)N1C[C@@H](SC(C)=O)C[C@H]1Cc1cccc2ccccc12. The van der Waals surface area contributed by atoms with E-state index in [0.29, 0.717) is 6.54 Å². The van der Waals surface area contributed by atoms with Crippen LogP contribution in [0, 0.1) is 0 Å². The number of rotatable bonds is 5. The minimum absolute atomic E-state index is 0.0231. The van der Waals surface area contributed by atoms with Gasteiger partial charge < -0.3 is 9.64 Å². The second kappa shape index (κ2) is 8.41. The molecular formula is C21H23NO3S. The maximum atomic E-state index is 12.5. The van der Waals surface area contributed by atoms with Gasteiger partial charge in [-0.15, -0.1) is 0 Å². The number of fused-ring (bicyclic) bond motifs is 1. The predicted molar refractivity (Wildman–Crippen MR) is 106 cm³/mol. The van der Waals surface area contributed by atoms with Crippen LogP contribution in [0.1, 0.15) is 18.9 Å². The summed E-state index contributed by atoms with van der Waals surface area (Å²) in [7, 11) is 0. The molecule has 136 valence electrons. The van der Waals surface area contributed by atoms with Gasteiger partial charge in [0, 0.05) is 24.8 Å². The van der Waals surface area contributed by atoms with Gasteiger partial charge in [-0.1, -0.05) is 66.9 Å². The summed E-state index contributed by atoms with van der Waals surface area (Å²) in [5, 5.41) is 2.60. The Morgan fingerprint density at radius 2 is 2.04 bits per heavy atom. The molecule has 1 heterocycles. The van der Waals surface area contributed by atoms with Crippen molar-refractivity contribution in [2.45, 2.75) is 31.1 Å². The number of thioether (sulfide) groups is 1. The molecule has 1 aliphatic rings. The first-order chi connectivity index (χ1) is 12.6. The Labute approximate surface area is 158 Å². The van der Waals surface area contributed by atoms with Crippen LogP contribution in [0.25, 0.3) is 10.8 Å². The monoisotopic (exact) mass is 369 g/mol. The van der Waals surface area contributed by atoms with Gasteiger partial charge in [-0.3, -0.25) is 4.79 Å². The molecule has 5 heteroatoms. The Morgan fingerprint density at radius 1 is 1.27 bits per heavy atom. The van der Waals surface area contributed by atoms with Gasteiger partial charge in [-0.05, 0) is 29.2 Å². The van der Waals surface area contributed by atoms with E-state index in [4.69, 9.17) is 4.74 Å². The summed E-state index contributed by atoms with van der Waals surface area (Å²) in [5.74, 6) is 0. The summed E-state index contributed by atoms with van der Waals surface area (Å²) in [6.07, 6.45) is 2.77. The van der Waals surface area contributed by atoms with Crippen molar-refractivity contribution in [3.05, 3.63) is 60.7 Å². The molecule has 1 aliphatic heterocycles. The maximum Gasteiger partial charge on any atom is 0.410 e. The second-order valence-electron chi connectivity index (χ2n) is 6.48. The first kappa shape index (κ1) is 18.5. The Morgan fingerprint density at radius 3 is 2.81 bits per heavy atom. The van der Waals surface area contributed by atoms with E-state index < -0.39 is 0 Å². The summed E-state index contributed by atoms with van der Waals surface area (Å²) in [4.78, 5) is 25.7. The average Bonchev–Trinajstić information content (AvgIpc) is 3.01. The van der Waals surface area contributed by atoms with E-state index in [-0.39, 0.29) is 29.1 Å². The van der Waals surface area contributed by atoms with Crippen LogP contribution >= 0.6 is 11.8 Å². The molecule has 2 aromatic carbocycles. The van der Waals surface area contributed by atoms with E-state index in [2.05, 4.69) is 36.9 Å². The molecule has 0 spiro atoms. The number of hydrogen-bond acceptors (Lipinski definition) is 4. The molecule has 3 rings (SSSR count). The van der Waals surface area contributed by atoms with E-state index in [9.17, 15) is 9.59 Å². The topological polar surface area (TPSA) is 46.6 Å². The maximum absolute atomic E-state index is 12.5. The number of carbonyl (C=O) groups excluding carboxylic acids is 2. The zero-order valence-corrected chi connectivity index (χ0v) is 15.7. The molecular weight excluding hydrogens is 346 g/mol. The number of hydrogen-bond donors (Lipinski definition) is 0. The smallest absolute Gasteiger partial charge is 0.410 e. The minimum Gasteiger partial charge on any atom is -0.445 e. The van der Waals surface area contributed by atoms with Crippen LogP contribution in [-0.4, -0.2) is 40.6 Å². The molecule has 1 fully saturated rings. The van der Waals surface area contributed by atoms with Gasteiger partial charge in [0.15, 0.2) is 5.12 Å². The summed E-state index contributed by atoms with van der Waals surface area (Å²) < 4.78 is 5.26. The summed E-state index contributed by atoms with van der Waals surface area (Å²) in [6, 6.07) is 14.5. The summed E-state index contributed by atoms with van der Waals surface area (Å²) in [6.45, 7) is 5.90. The van der Waals surface area contributed by atoms with Crippen molar-refractivity contribution in [3.8, 4) is 0 Å². The molecule has 0 unspecified atom stereocenters. The normalized spacial score (nSPS) is 19.5. The lowest BCUT2D eigenvalue weighted by molar-refractivity contribution is -0.109. The van der Waals surface area contributed by atoms with Crippen LogP contribution in [0.4, 0.5) is 4.79 Å². The van der Waals surface area contributed by atoms with Gasteiger partial charge in [0.1, 0.15) is 6.61 Å². The van der Waals surface area contributed by atoms with Crippen LogP contribution in [0.2, 0.25) is 0 Å². The van der Waals surface area contributed by atoms with E-state index in [1.807, 2.05) is 12.1 Å².